The molecule has 0 atom stereocenters. The van der Waals surface area contributed by atoms with E-state index in [1.54, 1.807) is 14.0 Å². The minimum atomic E-state index is -3.74. The first-order chi connectivity index (χ1) is 9.64. The Morgan fingerprint density at radius 2 is 1.67 bits per heavy atom. The zero-order valence-electron chi connectivity index (χ0n) is 12.9. The molecule has 0 aliphatic rings. The van der Waals surface area contributed by atoms with E-state index in [1.807, 2.05) is 32.0 Å². The Morgan fingerprint density at radius 3 is 2.10 bits per heavy atom. The van der Waals surface area contributed by atoms with Gasteiger partial charge in [-0.3, -0.25) is 8.99 Å². The van der Waals surface area contributed by atoms with Gasteiger partial charge in [0.15, 0.2) is 10.7 Å². The van der Waals surface area contributed by atoms with E-state index in [0.29, 0.717) is 11.4 Å². The van der Waals surface area contributed by atoms with Crippen LogP contribution in [0.1, 0.15) is 16.8 Å². The maximum absolute atomic E-state index is 12.8. The quantitative estimate of drug-likeness (QED) is 0.936. The van der Waals surface area contributed by atoms with Crippen LogP contribution < -0.4 is 10.0 Å². The van der Waals surface area contributed by atoms with Gasteiger partial charge in [0, 0.05) is 14.1 Å². The van der Waals surface area contributed by atoms with Crippen molar-refractivity contribution < 1.29 is 8.42 Å². The first-order valence-corrected chi connectivity index (χ1v) is 7.95. The van der Waals surface area contributed by atoms with Crippen molar-refractivity contribution in [2.45, 2.75) is 25.7 Å². The van der Waals surface area contributed by atoms with Crippen molar-refractivity contribution >= 4 is 21.5 Å². The lowest BCUT2D eigenvalue weighted by atomic mass is 10.1. The predicted octanol–water partition coefficient (Wildman–Crippen LogP) is 1.75. The lowest BCUT2D eigenvalue weighted by molar-refractivity contribution is 0.593. The third kappa shape index (κ3) is 2.61. The summed E-state index contributed by atoms with van der Waals surface area (Å²) >= 11 is 0. The van der Waals surface area contributed by atoms with Gasteiger partial charge in [-0.1, -0.05) is 6.07 Å². The number of anilines is 2. The molecule has 0 aliphatic carbocycles. The number of nitrogen functional groups attached to an aromatic ring is 1. The second kappa shape index (κ2) is 5.07. The van der Waals surface area contributed by atoms with Crippen molar-refractivity contribution in [1.82, 2.24) is 9.78 Å². The Morgan fingerprint density at radius 1 is 1.14 bits per heavy atom. The number of nitrogens with two attached hydrogens (primary N) is 1. The molecule has 0 saturated carbocycles. The minimum Gasteiger partial charge on any atom is -0.381 e. The van der Waals surface area contributed by atoms with Crippen LogP contribution in [0.4, 0.5) is 11.5 Å². The fourth-order valence-electron chi connectivity index (χ4n) is 2.34. The first-order valence-electron chi connectivity index (χ1n) is 6.51. The normalized spacial score (nSPS) is 11.7. The molecule has 21 heavy (non-hydrogen) atoms. The summed E-state index contributed by atoms with van der Waals surface area (Å²) in [7, 11) is -0.550. The van der Waals surface area contributed by atoms with Crippen LogP contribution >= 0.6 is 0 Å². The summed E-state index contributed by atoms with van der Waals surface area (Å²) in [5, 5.41) is 3.98. The number of rotatable bonds is 3. The fraction of sp³-hybridized carbons (Fsp3) is 0.357. The zero-order valence-corrected chi connectivity index (χ0v) is 13.7. The minimum absolute atomic E-state index is 0.0197. The predicted molar refractivity (Wildman–Crippen MR) is 83.9 cm³/mol. The number of nitrogens with zero attached hydrogens (tertiary/aromatic N) is 3. The largest absolute Gasteiger partial charge is 0.381 e. The molecule has 2 N–H and O–H groups in total. The lowest BCUT2D eigenvalue weighted by Crippen LogP contribution is -2.27. The number of aromatic nitrogens is 2. The second-order valence-electron chi connectivity index (χ2n) is 5.24. The second-order valence-corrected chi connectivity index (χ2v) is 7.15. The van der Waals surface area contributed by atoms with Crippen molar-refractivity contribution in [2.75, 3.05) is 17.1 Å². The van der Waals surface area contributed by atoms with Crippen molar-refractivity contribution in [3.8, 4) is 0 Å². The molecule has 0 radical (unpaired) electrons. The molecule has 0 spiro atoms. The van der Waals surface area contributed by atoms with Gasteiger partial charge in [0.05, 0.1) is 11.4 Å². The summed E-state index contributed by atoms with van der Waals surface area (Å²) in [6, 6.07) is 5.65. The molecule has 1 aromatic carbocycles. The van der Waals surface area contributed by atoms with E-state index in [0.717, 1.165) is 11.1 Å². The highest BCUT2D eigenvalue weighted by Gasteiger charge is 2.29. The maximum atomic E-state index is 12.8. The Bertz CT molecular complexity index is 773. The van der Waals surface area contributed by atoms with Gasteiger partial charge in [-0.25, -0.2) is 8.42 Å². The molecule has 0 fully saturated rings. The highest BCUT2D eigenvalue weighted by Crippen LogP contribution is 2.28. The van der Waals surface area contributed by atoms with E-state index in [1.165, 1.54) is 16.0 Å². The monoisotopic (exact) mass is 308 g/mol. The first kappa shape index (κ1) is 15.4. The number of hydrogen-bond acceptors (Lipinski definition) is 4. The number of hydrogen-bond donors (Lipinski definition) is 1. The van der Waals surface area contributed by atoms with Crippen LogP contribution in [0.15, 0.2) is 23.1 Å². The molecule has 0 unspecified atom stereocenters. The van der Waals surface area contributed by atoms with E-state index >= 15 is 0 Å². The van der Waals surface area contributed by atoms with Gasteiger partial charge in [-0.15, -0.1) is 0 Å². The van der Waals surface area contributed by atoms with Gasteiger partial charge in [-0.05, 0) is 44.0 Å². The Kier molecular flexibility index (Phi) is 3.71. The topological polar surface area (TPSA) is 81.2 Å². The van der Waals surface area contributed by atoms with Crippen molar-refractivity contribution in [3.05, 3.63) is 35.0 Å². The molecule has 7 heteroatoms. The third-order valence-corrected chi connectivity index (χ3v) is 5.45. The van der Waals surface area contributed by atoms with Gasteiger partial charge >= 0.3 is 0 Å². The van der Waals surface area contributed by atoms with E-state index in [2.05, 4.69) is 5.10 Å². The van der Waals surface area contributed by atoms with Crippen molar-refractivity contribution in [3.63, 3.8) is 0 Å². The van der Waals surface area contributed by atoms with Gasteiger partial charge < -0.3 is 5.73 Å². The summed E-state index contributed by atoms with van der Waals surface area (Å²) in [6.45, 7) is 5.55. The Labute approximate surface area is 125 Å². The summed E-state index contributed by atoms with van der Waals surface area (Å²) in [6.07, 6.45) is 0. The van der Waals surface area contributed by atoms with Crippen molar-refractivity contribution in [1.29, 1.82) is 0 Å². The molecule has 1 aromatic heterocycles. The van der Waals surface area contributed by atoms with Crippen LogP contribution in [0.3, 0.4) is 0 Å². The van der Waals surface area contributed by atoms with Gasteiger partial charge in [-0.2, -0.15) is 5.10 Å². The summed E-state index contributed by atoms with van der Waals surface area (Å²) in [5.41, 5.74) is 8.90. The molecule has 0 amide bonds. The van der Waals surface area contributed by atoms with Gasteiger partial charge in [0.25, 0.3) is 10.0 Å². The fourth-order valence-corrected chi connectivity index (χ4v) is 3.81. The van der Waals surface area contributed by atoms with E-state index < -0.39 is 10.0 Å². The Balaban J connectivity index is 2.58. The molecule has 6 nitrogen and oxygen atoms in total. The average molecular weight is 308 g/mol. The molecule has 2 rings (SSSR count). The number of aryl methyl sites for hydroxylation is 3. The van der Waals surface area contributed by atoms with E-state index in [4.69, 9.17) is 5.73 Å². The van der Waals surface area contributed by atoms with E-state index in [-0.39, 0.29) is 10.7 Å². The Hall–Kier alpha value is -2.02. The highest BCUT2D eigenvalue weighted by atomic mass is 32.2. The molecule has 114 valence electrons. The van der Waals surface area contributed by atoms with Crippen LogP contribution in [-0.4, -0.2) is 25.2 Å². The summed E-state index contributed by atoms with van der Waals surface area (Å²) < 4.78 is 28.3. The summed E-state index contributed by atoms with van der Waals surface area (Å²) in [4.78, 5) is 0.0617. The highest BCUT2D eigenvalue weighted by molar-refractivity contribution is 7.93. The smallest absolute Gasteiger partial charge is 0.269 e. The van der Waals surface area contributed by atoms with Crippen molar-refractivity contribution in [2.24, 2.45) is 7.05 Å². The lowest BCUT2D eigenvalue weighted by Gasteiger charge is -2.20. The number of benzene rings is 1. The molecule has 1 heterocycles. The van der Waals surface area contributed by atoms with Crippen LogP contribution in [0.2, 0.25) is 0 Å². The average Bonchev–Trinajstić information content (AvgIpc) is 2.61. The molecule has 0 saturated heterocycles. The summed E-state index contributed by atoms with van der Waals surface area (Å²) in [5.74, 6) is 0.0197. The van der Waals surface area contributed by atoms with Crippen LogP contribution in [0, 0.1) is 20.8 Å². The molecule has 0 bridgehead atoms. The van der Waals surface area contributed by atoms with Crippen LogP contribution in [-0.2, 0) is 17.1 Å². The SMILES string of the molecule is Cc1cc(C)cc(N(C)S(=O)(=O)c2c(N)nn(C)c2C)c1. The maximum Gasteiger partial charge on any atom is 0.269 e. The van der Waals surface area contributed by atoms with Gasteiger partial charge in [0.1, 0.15) is 0 Å². The van der Waals surface area contributed by atoms with E-state index in [9.17, 15) is 8.42 Å². The van der Waals surface area contributed by atoms with Gasteiger partial charge in [0.2, 0.25) is 0 Å². The standard InChI is InChI=1S/C14H20N4O2S/c1-9-6-10(2)8-12(7-9)18(5)21(19,20)13-11(3)17(4)16-14(13)15/h6-8H,1-5H3,(H2,15,16). The van der Waals surface area contributed by atoms with Crippen LogP contribution in [0.25, 0.3) is 0 Å². The zero-order chi connectivity index (χ0) is 15.9. The molecular weight excluding hydrogens is 288 g/mol. The number of sulfonamides is 1. The van der Waals surface area contributed by atoms with Crippen LogP contribution in [0.5, 0.6) is 0 Å². The molecule has 2 aromatic rings. The molecule has 0 aliphatic heterocycles. The molecular formula is C14H20N4O2S. The third-order valence-electron chi connectivity index (χ3n) is 3.49.